The molecule has 1 fully saturated rings. The Balaban J connectivity index is 1.53. The minimum atomic E-state index is 0.394. The molecule has 0 aromatic carbocycles. The molecule has 0 unspecified atom stereocenters. The zero-order valence-electron chi connectivity index (χ0n) is 16.9. The molecule has 2 aromatic rings. The molecule has 0 spiro atoms. The van der Waals surface area contributed by atoms with Crippen molar-refractivity contribution < 1.29 is 4.74 Å². The Morgan fingerprint density at radius 2 is 2.11 bits per heavy atom. The van der Waals surface area contributed by atoms with Gasteiger partial charge in [-0.2, -0.15) is 0 Å². The van der Waals surface area contributed by atoms with Crippen LogP contribution in [0.5, 0.6) is 0 Å². The number of hydrogen-bond donors (Lipinski definition) is 1. The van der Waals surface area contributed by atoms with E-state index in [0.29, 0.717) is 5.41 Å². The quantitative estimate of drug-likeness (QED) is 0.811. The maximum absolute atomic E-state index is 5.44. The smallest absolute Gasteiger partial charge is 0.138 e. The van der Waals surface area contributed by atoms with Crippen molar-refractivity contribution in [2.45, 2.75) is 46.5 Å². The molecule has 1 aliphatic carbocycles. The van der Waals surface area contributed by atoms with E-state index in [9.17, 15) is 0 Å². The van der Waals surface area contributed by atoms with Crippen LogP contribution in [0.15, 0.2) is 6.33 Å². The first-order valence-electron chi connectivity index (χ1n) is 10.4. The predicted molar refractivity (Wildman–Crippen MR) is 113 cm³/mol. The molecule has 0 radical (unpaired) electrons. The maximum Gasteiger partial charge on any atom is 0.138 e. The fourth-order valence-electron chi connectivity index (χ4n) is 4.36. The van der Waals surface area contributed by atoms with E-state index >= 15 is 0 Å². The Bertz CT molecular complexity index is 782. The first-order valence-corrected chi connectivity index (χ1v) is 11.2. The molecule has 5 nitrogen and oxygen atoms in total. The summed E-state index contributed by atoms with van der Waals surface area (Å²) in [6, 6.07) is 0. The van der Waals surface area contributed by atoms with Crippen molar-refractivity contribution >= 4 is 27.4 Å². The second-order valence-electron chi connectivity index (χ2n) is 8.57. The summed E-state index contributed by atoms with van der Waals surface area (Å²) in [6.45, 7) is 12.9. The van der Waals surface area contributed by atoms with Gasteiger partial charge in [-0.15, -0.1) is 11.3 Å². The molecule has 2 aromatic heterocycles. The first-order chi connectivity index (χ1) is 13.1. The third-order valence-corrected chi connectivity index (χ3v) is 7.88. The Morgan fingerprint density at radius 1 is 1.30 bits per heavy atom. The second kappa shape index (κ2) is 8.02. The predicted octanol–water partition coefficient (Wildman–Crippen LogP) is 3.98. The van der Waals surface area contributed by atoms with Crippen LogP contribution >= 0.6 is 11.3 Å². The third kappa shape index (κ3) is 3.98. The number of nitrogens with one attached hydrogen (secondary N) is 1. The standard InChI is InChI=1S/C21H32N4OS/c1-4-21(2,3)15-5-6-17-16(13-15)18-19(23-14-24-20(18)27-17)22-7-8-25-9-11-26-12-10-25/h14-15H,4-13H2,1-3H3,(H,22,23,24)/t15-/m1/s1. The molecule has 0 saturated carbocycles. The Labute approximate surface area is 166 Å². The van der Waals surface area contributed by atoms with Crippen LogP contribution in [0.3, 0.4) is 0 Å². The molecule has 1 saturated heterocycles. The summed E-state index contributed by atoms with van der Waals surface area (Å²) >= 11 is 1.88. The molecule has 1 N–H and O–H groups in total. The van der Waals surface area contributed by atoms with E-state index in [1.165, 1.54) is 41.5 Å². The number of rotatable bonds is 6. The van der Waals surface area contributed by atoms with Gasteiger partial charge in [0.15, 0.2) is 0 Å². The summed E-state index contributed by atoms with van der Waals surface area (Å²) in [6.07, 6.45) is 6.61. The van der Waals surface area contributed by atoms with Gasteiger partial charge in [0.1, 0.15) is 17.0 Å². The van der Waals surface area contributed by atoms with Crippen molar-refractivity contribution in [3.8, 4) is 0 Å². The molecule has 4 rings (SSSR count). The van der Waals surface area contributed by atoms with Crippen LogP contribution < -0.4 is 5.32 Å². The SMILES string of the molecule is CCC(C)(C)[C@@H]1CCc2sc3ncnc(NCCN4CCOCC4)c3c2C1. The molecular formula is C21H32N4OS. The lowest BCUT2D eigenvalue weighted by atomic mass is 9.69. The number of hydrogen-bond acceptors (Lipinski definition) is 6. The molecule has 3 heterocycles. The number of thiophene rings is 1. The summed E-state index contributed by atoms with van der Waals surface area (Å²) < 4.78 is 5.44. The summed E-state index contributed by atoms with van der Waals surface area (Å²) in [7, 11) is 0. The summed E-state index contributed by atoms with van der Waals surface area (Å²) in [5.41, 5.74) is 1.91. The zero-order chi connectivity index (χ0) is 18.9. The Kier molecular flexibility index (Phi) is 5.67. The molecule has 0 amide bonds. The van der Waals surface area contributed by atoms with Gasteiger partial charge in [-0.05, 0) is 36.2 Å². The molecule has 1 atom stereocenters. The lowest BCUT2D eigenvalue weighted by Crippen LogP contribution is -2.39. The van der Waals surface area contributed by atoms with Crippen LogP contribution in [-0.4, -0.2) is 54.3 Å². The number of aromatic nitrogens is 2. The highest BCUT2D eigenvalue weighted by atomic mass is 32.1. The zero-order valence-corrected chi connectivity index (χ0v) is 17.7. The van der Waals surface area contributed by atoms with Crippen molar-refractivity contribution in [1.29, 1.82) is 0 Å². The fraction of sp³-hybridized carbons (Fsp3) is 0.714. The van der Waals surface area contributed by atoms with Crippen LogP contribution in [0, 0.1) is 11.3 Å². The van der Waals surface area contributed by atoms with Gasteiger partial charge in [-0.25, -0.2) is 9.97 Å². The molecule has 2 aliphatic rings. The van der Waals surface area contributed by atoms with Gasteiger partial charge in [-0.3, -0.25) is 4.90 Å². The van der Waals surface area contributed by atoms with E-state index < -0.39 is 0 Å². The van der Waals surface area contributed by atoms with Gasteiger partial charge in [-0.1, -0.05) is 27.2 Å². The molecule has 6 heteroatoms. The lowest BCUT2D eigenvalue weighted by molar-refractivity contribution is 0.0398. The van der Waals surface area contributed by atoms with E-state index in [4.69, 9.17) is 4.74 Å². The number of morpholine rings is 1. The number of aryl methyl sites for hydroxylation is 1. The van der Waals surface area contributed by atoms with E-state index in [1.807, 2.05) is 11.3 Å². The summed E-state index contributed by atoms with van der Waals surface area (Å²) in [4.78, 5) is 14.4. The monoisotopic (exact) mass is 388 g/mol. The van der Waals surface area contributed by atoms with E-state index in [0.717, 1.165) is 56.0 Å². The summed E-state index contributed by atoms with van der Waals surface area (Å²) in [5, 5.41) is 4.90. The van der Waals surface area contributed by atoms with Gasteiger partial charge in [0.2, 0.25) is 0 Å². The second-order valence-corrected chi connectivity index (χ2v) is 9.65. The maximum atomic E-state index is 5.44. The highest BCUT2D eigenvalue weighted by Crippen LogP contribution is 2.45. The number of fused-ring (bicyclic) bond motifs is 3. The molecule has 148 valence electrons. The van der Waals surface area contributed by atoms with Crippen LogP contribution in [0.4, 0.5) is 5.82 Å². The van der Waals surface area contributed by atoms with E-state index in [2.05, 4.69) is 41.0 Å². The van der Waals surface area contributed by atoms with E-state index in [1.54, 1.807) is 6.33 Å². The van der Waals surface area contributed by atoms with Gasteiger partial charge < -0.3 is 10.1 Å². The van der Waals surface area contributed by atoms with Crippen LogP contribution in [0.2, 0.25) is 0 Å². The van der Waals surface area contributed by atoms with Crippen molar-refractivity contribution in [1.82, 2.24) is 14.9 Å². The highest BCUT2D eigenvalue weighted by molar-refractivity contribution is 7.19. The van der Waals surface area contributed by atoms with Crippen LogP contribution in [0.25, 0.3) is 10.2 Å². The molecule has 1 aliphatic heterocycles. The topological polar surface area (TPSA) is 50.3 Å². The van der Waals surface area contributed by atoms with Crippen molar-refractivity contribution in [3.05, 3.63) is 16.8 Å². The van der Waals surface area contributed by atoms with Gasteiger partial charge in [0.05, 0.1) is 18.6 Å². The van der Waals surface area contributed by atoms with Crippen LogP contribution in [0.1, 0.15) is 44.1 Å². The van der Waals surface area contributed by atoms with Gasteiger partial charge >= 0.3 is 0 Å². The normalized spacial score (nSPS) is 21.4. The number of nitrogens with zero attached hydrogens (tertiary/aromatic N) is 3. The van der Waals surface area contributed by atoms with Crippen molar-refractivity contribution in [2.75, 3.05) is 44.7 Å². The average molecular weight is 389 g/mol. The summed E-state index contributed by atoms with van der Waals surface area (Å²) in [5.74, 6) is 1.77. The Morgan fingerprint density at radius 3 is 2.89 bits per heavy atom. The largest absolute Gasteiger partial charge is 0.379 e. The molecular weight excluding hydrogens is 356 g/mol. The van der Waals surface area contributed by atoms with Gasteiger partial charge in [0, 0.05) is 31.1 Å². The third-order valence-electron chi connectivity index (χ3n) is 6.68. The lowest BCUT2D eigenvalue weighted by Gasteiger charge is -2.36. The number of ether oxygens (including phenoxy) is 1. The molecule has 0 bridgehead atoms. The minimum absolute atomic E-state index is 0.394. The highest BCUT2D eigenvalue weighted by Gasteiger charge is 2.33. The van der Waals surface area contributed by atoms with E-state index in [-0.39, 0.29) is 0 Å². The average Bonchev–Trinajstić information content (AvgIpc) is 3.07. The first kappa shape index (κ1) is 19.1. The van der Waals surface area contributed by atoms with Crippen molar-refractivity contribution in [3.63, 3.8) is 0 Å². The van der Waals surface area contributed by atoms with Crippen molar-refractivity contribution in [2.24, 2.45) is 11.3 Å². The molecule has 27 heavy (non-hydrogen) atoms. The van der Waals surface area contributed by atoms with Crippen LogP contribution in [-0.2, 0) is 17.6 Å². The fourth-order valence-corrected chi connectivity index (χ4v) is 5.54. The van der Waals surface area contributed by atoms with Gasteiger partial charge in [0.25, 0.3) is 0 Å². The number of anilines is 1. The Hall–Kier alpha value is -1.24. The minimum Gasteiger partial charge on any atom is -0.379 e.